The van der Waals surface area contributed by atoms with Crippen LogP contribution in [0.25, 0.3) is 0 Å². The number of anilines is 1. The van der Waals surface area contributed by atoms with Crippen LogP contribution in [0.5, 0.6) is 0 Å². The van der Waals surface area contributed by atoms with Gasteiger partial charge in [-0.2, -0.15) is 5.26 Å². The maximum Gasteiger partial charge on any atom is 0.273 e. The first-order valence-electron chi connectivity index (χ1n) is 7.62. The summed E-state index contributed by atoms with van der Waals surface area (Å²) in [5.74, 6) is -0.437. The Balaban J connectivity index is 1.91. The van der Waals surface area contributed by atoms with Gasteiger partial charge in [-0.05, 0) is 44.2 Å². The predicted octanol–water partition coefficient (Wildman–Crippen LogP) is 3.97. The standard InChI is InChI=1S/C17H15N3O3S/c1-10-6-7-11(8-14(10)20(22)23)16(21)19-17-13(9-18)12-4-2-3-5-15(12)24-17/h6-8H,2-5H2,1H3,(H,19,21). The number of fused-ring (bicyclic) bond motifs is 1. The van der Waals surface area contributed by atoms with Crippen molar-refractivity contribution in [1.82, 2.24) is 0 Å². The Labute approximate surface area is 142 Å². The molecule has 0 unspecified atom stereocenters. The molecule has 1 aliphatic carbocycles. The summed E-state index contributed by atoms with van der Waals surface area (Å²) in [5.41, 5.74) is 2.20. The number of nitrogens with zero attached hydrogens (tertiary/aromatic N) is 2. The lowest BCUT2D eigenvalue weighted by Gasteiger charge is -2.09. The van der Waals surface area contributed by atoms with Crippen LogP contribution in [0.15, 0.2) is 18.2 Å². The van der Waals surface area contributed by atoms with Gasteiger partial charge in [0.15, 0.2) is 0 Å². The van der Waals surface area contributed by atoms with Crippen molar-refractivity contribution in [3.63, 3.8) is 0 Å². The molecule has 0 saturated carbocycles. The minimum absolute atomic E-state index is 0.0892. The second kappa shape index (κ2) is 6.42. The van der Waals surface area contributed by atoms with E-state index in [4.69, 9.17) is 0 Å². The molecule has 3 rings (SSSR count). The highest BCUT2D eigenvalue weighted by Gasteiger charge is 2.23. The Morgan fingerprint density at radius 1 is 1.38 bits per heavy atom. The SMILES string of the molecule is Cc1ccc(C(=O)Nc2sc3c(c2C#N)CCCC3)cc1[N+](=O)[O-]. The van der Waals surface area contributed by atoms with Gasteiger partial charge in [0.1, 0.15) is 11.1 Å². The van der Waals surface area contributed by atoms with E-state index in [1.807, 2.05) is 0 Å². The lowest BCUT2D eigenvalue weighted by atomic mass is 9.96. The van der Waals surface area contributed by atoms with Crippen LogP contribution < -0.4 is 5.32 Å². The predicted molar refractivity (Wildman–Crippen MR) is 91.5 cm³/mol. The molecule has 0 fully saturated rings. The maximum atomic E-state index is 12.4. The number of nitro benzene ring substituents is 1. The van der Waals surface area contributed by atoms with E-state index < -0.39 is 10.8 Å². The number of carbonyl (C=O) groups excluding carboxylic acids is 1. The number of nitriles is 1. The zero-order valence-electron chi connectivity index (χ0n) is 13.1. The third-order valence-corrected chi connectivity index (χ3v) is 5.39. The van der Waals surface area contributed by atoms with Crippen LogP contribution in [0.2, 0.25) is 0 Å². The Bertz CT molecular complexity index is 880. The molecule has 0 saturated heterocycles. The van der Waals surface area contributed by atoms with Crippen molar-refractivity contribution in [1.29, 1.82) is 5.26 Å². The van der Waals surface area contributed by atoms with E-state index in [9.17, 15) is 20.2 Å². The first-order chi connectivity index (χ1) is 11.5. The van der Waals surface area contributed by atoms with Crippen molar-refractivity contribution in [2.75, 3.05) is 5.32 Å². The second-order valence-electron chi connectivity index (χ2n) is 5.74. The zero-order valence-corrected chi connectivity index (χ0v) is 13.9. The Hall–Kier alpha value is -2.72. The second-order valence-corrected chi connectivity index (χ2v) is 6.84. The van der Waals surface area contributed by atoms with E-state index in [0.717, 1.165) is 36.1 Å². The van der Waals surface area contributed by atoms with Crippen molar-refractivity contribution in [3.8, 4) is 6.07 Å². The topological polar surface area (TPSA) is 96.0 Å². The van der Waals surface area contributed by atoms with E-state index in [1.165, 1.54) is 17.4 Å². The molecule has 0 radical (unpaired) electrons. The quantitative estimate of drug-likeness (QED) is 0.675. The van der Waals surface area contributed by atoms with Crippen LogP contribution in [-0.4, -0.2) is 10.8 Å². The molecule has 0 spiro atoms. The highest BCUT2D eigenvalue weighted by atomic mass is 32.1. The average Bonchev–Trinajstić information content (AvgIpc) is 2.91. The van der Waals surface area contributed by atoms with Gasteiger partial charge in [0.2, 0.25) is 0 Å². The summed E-state index contributed by atoms with van der Waals surface area (Å²) in [6.45, 7) is 1.63. The Morgan fingerprint density at radius 3 is 2.83 bits per heavy atom. The number of thiophene rings is 1. The molecule has 2 aromatic rings. The largest absolute Gasteiger partial charge is 0.312 e. The van der Waals surface area contributed by atoms with Crippen LogP contribution in [-0.2, 0) is 12.8 Å². The summed E-state index contributed by atoms with van der Waals surface area (Å²) in [5, 5.41) is 23.7. The van der Waals surface area contributed by atoms with Gasteiger partial charge in [0, 0.05) is 22.1 Å². The third kappa shape index (κ3) is 2.88. The molecule has 6 nitrogen and oxygen atoms in total. The highest BCUT2D eigenvalue weighted by Crippen LogP contribution is 2.37. The molecular formula is C17H15N3O3S. The van der Waals surface area contributed by atoms with Crippen LogP contribution in [0.3, 0.4) is 0 Å². The summed E-state index contributed by atoms with van der Waals surface area (Å²) in [6.07, 6.45) is 3.94. The van der Waals surface area contributed by atoms with E-state index in [2.05, 4.69) is 11.4 Å². The molecule has 1 aromatic heterocycles. The summed E-state index contributed by atoms with van der Waals surface area (Å²) in [4.78, 5) is 24.1. The molecule has 0 atom stereocenters. The van der Waals surface area contributed by atoms with Crippen molar-refractivity contribution in [2.24, 2.45) is 0 Å². The van der Waals surface area contributed by atoms with E-state index in [0.29, 0.717) is 16.1 Å². The summed E-state index contributed by atoms with van der Waals surface area (Å²) >= 11 is 1.43. The summed E-state index contributed by atoms with van der Waals surface area (Å²) < 4.78 is 0. The molecule has 7 heteroatoms. The fraction of sp³-hybridized carbons (Fsp3) is 0.294. The molecule has 0 aliphatic heterocycles. The number of benzene rings is 1. The van der Waals surface area contributed by atoms with Gasteiger partial charge in [0.05, 0.1) is 10.5 Å². The van der Waals surface area contributed by atoms with Crippen LogP contribution in [0.4, 0.5) is 10.7 Å². The van der Waals surface area contributed by atoms with Crippen molar-refractivity contribution >= 4 is 27.9 Å². The van der Waals surface area contributed by atoms with Crippen LogP contribution in [0.1, 0.15) is 44.8 Å². The van der Waals surface area contributed by atoms with Gasteiger partial charge in [-0.15, -0.1) is 11.3 Å². The Morgan fingerprint density at radius 2 is 2.12 bits per heavy atom. The van der Waals surface area contributed by atoms with Crippen molar-refractivity contribution in [3.05, 3.63) is 55.4 Å². The number of aryl methyl sites for hydroxylation is 2. The zero-order chi connectivity index (χ0) is 17.3. The van der Waals surface area contributed by atoms with E-state index in [-0.39, 0.29) is 11.3 Å². The van der Waals surface area contributed by atoms with Crippen molar-refractivity contribution in [2.45, 2.75) is 32.6 Å². The summed E-state index contributed by atoms with van der Waals surface area (Å²) in [7, 11) is 0. The van der Waals surface area contributed by atoms with E-state index >= 15 is 0 Å². The smallest absolute Gasteiger partial charge is 0.273 e. The number of hydrogen-bond donors (Lipinski definition) is 1. The van der Waals surface area contributed by atoms with Crippen molar-refractivity contribution < 1.29 is 9.72 Å². The molecule has 1 aliphatic rings. The fourth-order valence-corrected chi connectivity index (χ4v) is 4.13. The van der Waals surface area contributed by atoms with Gasteiger partial charge >= 0.3 is 0 Å². The molecule has 24 heavy (non-hydrogen) atoms. The molecule has 1 heterocycles. The number of nitrogens with one attached hydrogen (secondary N) is 1. The van der Waals surface area contributed by atoms with Gasteiger partial charge < -0.3 is 5.32 Å². The monoisotopic (exact) mass is 341 g/mol. The number of amides is 1. The lowest BCUT2D eigenvalue weighted by molar-refractivity contribution is -0.385. The van der Waals surface area contributed by atoms with Gasteiger partial charge in [-0.1, -0.05) is 6.07 Å². The highest BCUT2D eigenvalue weighted by molar-refractivity contribution is 7.16. The normalized spacial score (nSPS) is 13.0. The molecule has 1 aromatic carbocycles. The summed E-state index contributed by atoms with van der Waals surface area (Å²) in [6, 6.07) is 6.56. The molecule has 1 N–H and O–H groups in total. The molecule has 0 bridgehead atoms. The molecule has 122 valence electrons. The van der Waals surface area contributed by atoms with Gasteiger partial charge in [0.25, 0.3) is 11.6 Å². The Kier molecular flexibility index (Phi) is 4.32. The van der Waals surface area contributed by atoms with Gasteiger partial charge in [-0.3, -0.25) is 14.9 Å². The number of nitro groups is 1. The fourth-order valence-electron chi connectivity index (χ4n) is 2.89. The van der Waals surface area contributed by atoms with Crippen LogP contribution in [0, 0.1) is 28.4 Å². The lowest BCUT2D eigenvalue weighted by Crippen LogP contribution is -2.12. The first kappa shape index (κ1) is 16.1. The number of carbonyl (C=O) groups is 1. The minimum Gasteiger partial charge on any atom is -0.312 e. The first-order valence-corrected chi connectivity index (χ1v) is 8.44. The third-order valence-electron chi connectivity index (χ3n) is 4.18. The molecular weight excluding hydrogens is 326 g/mol. The van der Waals surface area contributed by atoms with Crippen LogP contribution >= 0.6 is 11.3 Å². The average molecular weight is 341 g/mol. The minimum atomic E-state index is -0.503. The van der Waals surface area contributed by atoms with E-state index in [1.54, 1.807) is 19.1 Å². The maximum absolute atomic E-state index is 12.4. The number of hydrogen-bond acceptors (Lipinski definition) is 5. The van der Waals surface area contributed by atoms with Gasteiger partial charge in [-0.25, -0.2) is 0 Å². The number of rotatable bonds is 3. The molecule has 1 amide bonds.